The molecule has 1 amide bonds. The van der Waals surface area contributed by atoms with Crippen molar-refractivity contribution in [2.24, 2.45) is 5.92 Å². The Bertz CT molecular complexity index is 549. The normalized spacial score (nSPS) is 23.3. The summed E-state index contributed by atoms with van der Waals surface area (Å²) in [6.45, 7) is 7.18. The van der Waals surface area contributed by atoms with Crippen molar-refractivity contribution >= 4 is 5.91 Å². The molecule has 2 heterocycles. The van der Waals surface area contributed by atoms with Gasteiger partial charge >= 0.3 is 0 Å². The summed E-state index contributed by atoms with van der Waals surface area (Å²) in [5, 5.41) is 7.22. The van der Waals surface area contributed by atoms with Crippen LogP contribution in [0.4, 0.5) is 0 Å². The lowest BCUT2D eigenvalue weighted by atomic mass is 9.88. The average molecular weight is 333 g/mol. The standard InChI is InChI=1S/C19H31N3O2/c1-3-17-18(14(2)24-21-17)19(23)20-16-10-7-11-22(13-16)12-15-8-5-4-6-9-15/h15-16H,3-13H2,1-2H3,(H,20,23)/t16-/m0/s1. The van der Waals surface area contributed by atoms with Gasteiger partial charge in [-0.05, 0) is 51.5 Å². The van der Waals surface area contributed by atoms with E-state index < -0.39 is 0 Å². The zero-order valence-electron chi connectivity index (χ0n) is 15.1. The third-order valence-electron chi connectivity index (χ3n) is 5.58. The molecule has 2 fully saturated rings. The molecule has 1 saturated heterocycles. The van der Waals surface area contributed by atoms with Crippen LogP contribution in [0.1, 0.15) is 73.7 Å². The van der Waals surface area contributed by atoms with Crippen molar-refractivity contribution in [3.63, 3.8) is 0 Å². The number of carbonyl (C=O) groups excluding carboxylic acids is 1. The van der Waals surface area contributed by atoms with Gasteiger partial charge in [0.1, 0.15) is 11.3 Å². The summed E-state index contributed by atoms with van der Waals surface area (Å²) in [5.74, 6) is 1.47. The van der Waals surface area contributed by atoms with E-state index in [2.05, 4.69) is 15.4 Å². The van der Waals surface area contributed by atoms with E-state index in [0.717, 1.165) is 31.0 Å². The number of aryl methyl sites for hydroxylation is 2. The maximum Gasteiger partial charge on any atom is 0.257 e. The molecule has 0 bridgehead atoms. The molecule has 2 aliphatic rings. The number of amides is 1. The quantitative estimate of drug-likeness (QED) is 0.898. The first-order valence-corrected chi connectivity index (χ1v) is 9.65. The molecule has 134 valence electrons. The minimum Gasteiger partial charge on any atom is -0.361 e. The fourth-order valence-corrected chi connectivity index (χ4v) is 4.28. The lowest BCUT2D eigenvalue weighted by Gasteiger charge is -2.36. The van der Waals surface area contributed by atoms with Crippen LogP contribution in [0.3, 0.4) is 0 Å². The average Bonchev–Trinajstić information content (AvgIpc) is 2.97. The van der Waals surface area contributed by atoms with Gasteiger partial charge in [0.2, 0.25) is 0 Å². The minimum atomic E-state index is -0.0184. The van der Waals surface area contributed by atoms with Crippen molar-refractivity contribution < 1.29 is 9.32 Å². The third-order valence-corrected chi connectivity index (χ3v) is 5.58. The van der Waals surface area contributed by atoms with Gasteiger partial charge in [0.05, 0.1) is 5.69 Å². The molecule has 1 atom stereocenters. The Labute approximate surface area is 145 Å². The van der Waals surface area contributed by atoms with Gasteiger partial charge in [0.25, 0.3) is 5.91 Å². The Morgan fingerprint density at radius 1 is 1.25 bits per heavy atom. The van der Waals surface area contributed by atoms with E-state index in [4.69, 9.17) is 4.52 Å². The Morgan fingerprint density at radius 3 is 2.79 bits per heavy atom. The Morgan fingerprint density at radius 2 is 2.04 bits per heavy atom. The van der Waals surface area contributed by atoms with Crippen LogP contribution < -0.4 is 5.32 Å². The largest absolute Gasteiger partial charge is 0.361 e. The van der Waals surface area contributed by atoms with Gasteiger partial charge in [-0.15, -0.1) is 0 Å². The topological polar surface area (TPSA) is 58.4 Å². The summed E-state index contributed by atoms with van der Waals surface area (Å²) in [6, 6.07) is 0.244. The molecule has 1 aliphatic carbocycles. The second kappa shape index (κ2) is 8.15. The maximum atomic E-state index is 12.6. The highest BCUT2D eigenvalue weighted by Gasteiger charge is 2.26. The summed E-state index contributed by atoms with van der Waals surface area (Å²) in [4.78, 5) is 15.2. The third kappa shape index (κ3) is 4.18. The van der Waals surface area contributed by atoms with Gasteiger partial charge in [-0.3, -0.25) is 4.79 Å². The summed E-state index contributed by atoms with van der Waals surface area (Å²) in [6.07, 6.45) is 9.92. The molecular weight excluding hydrogens is 302 g/mol. The number of piperidine rings is 1. The van der Waals surface area contributed by atoms with Crippen molar-refractivity contribution in [3.05, 3.63) is 17.0 Å². The predicted molar refractivity (Wildman–Crippen MR) is 94.1 cm³/mol. The minimum absolute atomic E-state index is 0.0184. The van der Waals surface area contributed by atoms with Gasteiger partial charge < -0.3 is 14.7 Å². The molecule has 1 aromatic rings. The molecule has 0 radical (unpaired) electrons. The summed E-state index contributed by atoms with van der Waals surface area (Å²) in [7, 11) is 0. The van der Waals surface area contributed by atoms with Crippen molar-refractivity contribution in [1.29, 1.82) is 0 Å². The SMILES string of the molecule is CCc1noc(C)c1C(=O)N[C@H]1CCCN(CC2CCCCC2)C1. The van der Waals surface area contributed by atoms with Crippen LogP contribution in [0.15, 0.2) is 4.52 Å². The van der Waals surface area contributed by atoms with Crippen molar-refractivity contribution in [2.45, 2.75) is 71.3 Å². The predicted octanol–water partition coefficient (Wildman–Crippen LogP) is 3.32. The van der Waals surface area contributed by atoms with E-state index in [-0.39, 0.29) is 11.9 Å². The summed E-state index contributed by atoms with van der Waals surface area (Å²) < 4.78 is 5.20. The lowest BCUT2D eigenvalue weighted by Crippen LogP contribution is -2.49. The molecule has 0 aromatic carbocycles. The van der Waals surface area contributed by atoms with Gasteiger partial charge in [0.15, 0.2) is 0 Å². The lowest BCUT2D eigenvalue weighted by molar-refractivity contribution is 0.0887. The summed E-state index contributed by atoms with van der Waals surface area (Å²) >= 11 is 0. The van der Waals surface area contributed by atoms with E-state index >= 15 is 0 Å². The van der Waals surface area contributed by atoms with E-state index in [1.54, 1.807) is 0 Å². The molecular formula is C19H31N3O2. The number of hydrogen-bond acceptors (Lipinski definition) is 4. The first-order chi connectivity index (χ1) is 11.7. The second-order valence-electron chi connectivity index (χ2n) is 7.49. The molecule has 24 heavy (non-hydrogen) atoms. The highest BCUT2D eigenvalue weighted by Crippen LogP contribution is 2.25. The molecule has 5 nitrogen and oxygen atoms in total. The van der Waals surface area contributed by atoms with Crippen LogP contribution >= 0.6 is 0 Å². The van der Waals surface area contributed by atoms with Gasteiger partial charge in [0, 0.05) is 19.1 Å². The molecule has 0 unspecified atom stereocenters. The molecule has 1 N–H and O–H groups in total. The van der Waals surface area contributed by atoms with Gasteiger partial charge in [-0.1, -0.05) is 31.3 Å². The number of carbonyl (C=O) groups is 1. The number of likely N-dealkylation sites (tertiary alicyclic amines) is 1. The zero-order valence-corrected chi connectivity index (χ0v) is 15.1. The van der Waals surface area contributed by atoms with Crippen molar-refractivity contribution in [1.82, 2.24) is 15.4 Å². The zero-order chi connectivity index (χ0) is 16.9. The first kappa shape index (κ1) is 17.5. The van der Waals surface area contributed by atoms with E-state index in [0.29, 0.717) is 11.3 Å². The second-order valence-corrected chi connectivity index (χ2v) is 7.49. The highest BCUT2D eigenvalue weighted by atomic mass is 16.5. The van der Waals surface area contributed by atoms with Crippen LogP contribution in [-0.4, -0.2) is 41.6 Å². The van der Waals surface area contributed by atoms with Gasteiger partial charge in [-0.2, -0.15) is 0 Å². The molecule has 1 aliphatic heterocycles. The maximum absolute atomic E-state index is 12.6. The Balaban J connectivity index is 1.54. The number of rotatable bonds is 5. The molecule has 5 heteroatoms. The molecule has 1 aromatic heterocycles. The van der Waals surface area contributed by atoms with Crippen molar-refractivity contribution in [3.8, 4) is 0 Å². The number of nitrogens with one attached hydrogen (secondary N) is 1. The summed E-state index contributed by atoms with van der Waals surface area (Å²) in [5.41, 5.74) is 1.40. The molecule has 3 rings (SSSR count). The molecule has 1 saturated carbocycles. The fraction of sp³-hybridized carbons (Fsp3) is 0.789. The van der Waals surface area contributed by atoms with Crippen LogP contribution in [-0.2, 0) is 6.42 Å². The molecule has 0 spiro atoms. The fourth-order valence-electron chi connectivity index (χ4n) is 4.28. The van der Waals surface area contributed by atoms with Crippen molar-refractivity contribution in [2.75, 3.05) is 19.6 Å². The van der Waals surface area contributed by atoms with Crippen LogP contribution in [0.25, 0.3) is 0 Å². The van der Waals surface area contributed by atoms with E-state index in [9.17, 15) is 4.79 Å². The highest BCUT2D eigenvalue weighted by molar-refractivity contribution is 5.96. The Hall–Kier alpha value is -1.36. The number of nitrogens with zero attached hydrogens (tertiary/aromatic N) is 2. The first-order valence-electron chi connectivity index (χ1n) is 9.65. The monoisotopic (exact) mass is 333 g/mol. The number of aromatic nitrogens is 1. The van der Waals surface area contributed by atoms with Crippen LogP contribution in [0, 0.1) is 12.8 Å². The van der Waals surface area contributed by atoms with E-state index in [1.807, 2.05) is 13.8 Å². The van der Waals surface area contributed by atoms with E-state index in [1.165, 1.54) is 51.6 Å². The van der Waals surface area contributed by atoms with Crippen LogP contribution in [0.5, 0.6) is 0 Å². The smallest absolute Gasteiger partial charge is 0.257 e. The Kier molecular flexibility index (Phi) is 5.93. The van der Waals surface area contributed by atoms with Crippen LogP contribution in [0.2, 0.25) is 0 Å². The number of hydrogen-bond donors (Lipinski definition) is 1. The van der Waals surface area contributed by atoms with Gasteiger partial charge in [-0.25, -0.2) is 0 Å².